The Morgan fingerprint density at radius 1 is 1.47 bits per heavy atom. The number of nitrogens with one attached hydrogen (secondary N) is 2. The average Bonchev–Trinajstić information content (AvgIpc) is 2.33. The van der Waals surface area contributed by atoms with E-state index >= 15 is 0 Å². The highest BCUT2D eigenvalue weighted by atomic mass is 16.6. The lowest BCUT2D eigenvalue weighted by molar-refractivity contribution is -0.384. The number of amides is 1. The fraction of sp³-hybridized carbons (Fsp3) is 0.462. The van der Waals surface area contributed by atoms with Crippen molar-refractivity contribution in [2.24, 2.45) is 5.92 Å². The van der Waals surface area contributed by atoms with Crippen LogP contribution in [0.1, 0.15) is 18.9 Å². The molecule has 6 heteroatoms. The molecule has 19 heavy (non-hydrogen) atoms. The van der Waals surface area contributed by atoms with E-state index in [-0.39, 0.29) is 17.5 Å². The second kappa shape index (κ2) is 5.26. The van der Waals surface area contributed by atoms with E-state index in [1.807, 2.05) is 13.8 Å². The van der Waals surface area contributed by atoms with E-state index in [1.165, 1.54) is 6.07 Å². The maximum Gasteiger partial charge on any atom is 0.292 e. The van der Waals surface area contributed by atoms with Gasteiger partial charge in [0.1, 0.15) is 11.7 Å². The fourth-order valence-electron chi connectivity index (χ4n) is 2.26. The first kappa shape index (κ1) is 13.3. The highest BCUT2D eigenvalue weighted by Gasteiger charge is 2.30. The Morgan fingerprint density at radius 2 is 2.21 bits per heavy atom. The molecule has 102 valence electrons. The van der Waals surface area contributed by atoms with E-state index in [4.69, 9.17) is 0 Å². The summed E-state index contributed by atoms with van der Waals surface area (Å²) in [5, 5.41) is 16.8. The summed E-state index contributed by atoms with van der Waals surface area (Å²) in [6, 6.07) is 4.43. The van der Waals surface area contributed by atoms with E-state index in [2.05, 4.69) is 10.6 Å². The standard InChI is InChI=1S/C13H17N3O3/c1-8-3-4-11(16(18)19)10(7-8)15-12-9(2)5-6-14-13(12)17/h3-4,7,9,12,15H,5-6H2,1-2H3,(H,14,17)/t9-,12-/m1/s1. The third-order valence-electron chi connectivity index (χ3n) is 3.41. The minimum Gasteiger partial charge on any atom is -0.368 e. The SMILES string of the molecule is Cc1ccc([N+](=O)[O-])c(N[C@H]2C(=O)NCC[C@H]2C)c1. The van der Waals surface area contributed by atoms with Gasteiger partial charge in [0.15, 0.2) is 0 Å². The quantitative estimate of drug-likeness (QED) is 0.643. The second-order valence-corrected chi connectivity index (χ2v) is 4.96. The zero-order valence-corrected chi connectivity index (χ0v) is 11.0. The van der Waals surface area contributed by atoms with Crippen LogP contribution in [0.4, 0.5) is 11.4 Å². The number of anilines is 1. The molecule has 1 aliphatic heterocycles. The van der Waals surface area contributed by atoms with Crippen molar-refractivity contribution in [1.29, 1.82) is 0 Å². The van der Waals surface area contributed by atoms with Crippen molar-refractivity contribution in [1.82, 2.24) is 5.32 Å². The van der Waals surface area contributed by atoms with E-state index in [0.717, 1.165) is 12.0 Å². The van der Waals surface area contributed by atoms with Gasteiger partial charge in [0.2, 0.25) is 5.91 Å². The third kappa shape index (κ3) is 2.83. The summed E-state index contributed by atoms with van der Waals surface area (Å²) in [5.74, 6) is 0.0448. The molecule has 2 atom stereocenters. The minimum atomic E-state index is -0.437. The highest BCUT2D eigenvalue weighted by molar-refractivity contribution is 5.86. The monoisotopic (exact) mass is 263 g/mol. The van der Waals surface area contributed by atoms with E-state index in [9.17, 15) is 14.9 Å². The molecule has 2 N–H and O–H groups in total. The largest absolute Gasteiger partial charge is 0.368 e. The van der Waals surface area contributed by atoms with Gasteiger partial charge in [0.05, 0.1) is 4.92 Å². The number of aryl methyl sites for hydroxylation is 1. The molecular formula is C13H17N3O3. The molecule has 0 aliphatic carbocycles. The number of carbonyl (C=O) groups excluding carboxylic acids is 1. The Morgan fingerprint density at radius 3 is 2.84 bits per heavy atom. The molecule has 0 saturated carbocycles. The van der Waals surface area contributed by atoms with Crippen LogP contribution in [0.15, 0.2) is 18.2 Å². The Balaban J connectivity index is 2.29. The summed E-state index contributed by atoms with van der Waals surface area (Å²) in [6.45, 7) is 4.49. The lowest BCUT2D eigenvalue weighted by atomic mass is 9.93. The predicted octanol–water partition coefficient (Wildman–Crippen LogP) is 1.84. The molecule has 1 heterocycles. The first-order valence-electron chi connectivity index (χ1n) is 6.28. The summed E-state index contributed by atoms with van der Waals surface area (Å²) in [5.41, 5.74) is 1.31. The van der Waals surface area contributed by atoms with Crippen molar-refractivity contribution >= 4 is 17.3 Å². The highest BCUT2D eigenvalue weighted by Crippen LogP contribution is 2.28. The number of carbonyl (C=O) groups is 1. The Hall–Kier alpha value is -2.11. The van der Waals surface area contributed by atoms with Gasteiger partial charge in [-0.15, -0.1) is 0 Å². The smallest absolute Gasteiger partial charge is 0.292 e. The van der Waals surface area contributed by atoms with E-state index in [1.54, 1.807) is 12.1 Å². The van der Waals surface area contributed by atoms with Crippen LogP contribution in [0.25, 0.3) is 0 Å². The molecule has 1 aromatic rings. The van der Waals surface area contributed by atoms with Gasteiger partial charge in [-0.05, 0) is 30.9 Å². The van der Waals surface area contributed by atoms with Crippen LogP contribution in [-0.2, 0) is 4.79 Å². The molecule has 0 spiro atoms. The number of nitro groups is 1. The zero-order valence-electron chi connectivity index (χ0n) is 11.0. The Bertz CT molecular complexity index is 516. The van der Waals surface area contributed by atoms with Crippen molar-refractivity contribution in [2.75, 3.05) is 11.9 Å². The number of piperidine rings is 1. The number of nitrogens with zero attached hydrogens (tertiary/aromatic N) is 1. The number of benzene rings is 1. The van der Waals surface area contributed by atoms with Gasteiger partial charge in [0.25, 0.3) is 5.69 Å². The maximum absolute atomic E-state index is 11.8. The van der Waals surface area contributed by atoms with Gasteiger partial charge in [-0.25, -0.2) is 0 Å². The fourth-order valence-corrected chi connectivity index (χ4v) is 2.26. The molecule has 1 aromatic carbocycles. The summed E-state index contributed by atoms with van der Waals surface area (Å²) >= 11 is 0. The van der Waals surface area contributed by atoms with E-state index in [0.29, 0.717) is 12.2 Å². The Labute approximate surface area is 111 Å². The first-order valence-corrected chi connectivity index (χ1v) is 6.28. The predicted molar refractivity (Wildman–Crippen MR) is 72.0 cm³/mol. The number of rotatable bonds is 3. The molecule has 6 nitrogen and oxygen atoms in total. The zero-order chi connectivity index (χ0) is 14.0. The molecule has 1 aliphatic rings. The van der Waals surface area contributed by atoms with Crippen molar-refractivity contribution in [3.05, 3.63) is 33.9 Å². The first-order chi connectivity index (χ1) is 8.99. The van der Waals surface area contributed by atoms with Gasteiger partial charge in [0, 0.05) is 12.6 Å². The van der Waals surface area contributed by atoms with Crippen molar-refractivity contribution in [2.45, 2.75) is 26.3 Å². The van der Waals surface area contributed by atoms with Crippen LogP contribution in [-0.4, -0.2) is 23.4 Å². The molecule has 2 rings (SSSR count). The summed E-state index contributed by atoms with van der Waals surface area (Å²) < 4.78 is 0. The van der Waals surface area contributed by atoms with Crippen LogP contribution in [0, 0.1) is 23.0 Å². The molecule has 1 fully saturated rings. The summed E-state index contributed by atoms with van der Waals surface area (Å²) in [6.07, 6.45) is 0.864. The molecule has 1 amide bonds. The normalized spacial score (nSPS) is 22.7. The van der Waals surface area contributed by atoms with E-state index < -0.39 is 11.0 Å². The van der Waals surface area contributed by atoms with Crippen LogP contribution >= 0.6 is 0 Å². The lowest BCUT2D eigenvalue weighted by Crippen LogP contribution is -2.49. The second-order valence-electron chi connectivity index (χ2n) is 4.96. The molecule has 0 aromatic heterocycles. The number of hydrogen-bond acceptors (Lipinski definition) is 4. The van der Waals surface area contributed by atoms with Crippen LogP contribution < -0.4 is 10.6 Å². The lowest BCUT2D eigenvalue weighted by Gasteiger charge is -2.29. The van der Waals surface area contributed by atoms with Crippen LogP contribution in [0.2, 0.25) is 0 Å². The van der Waals surface area contributed by atoms with Gasteiger partial charge in [-0.3, -0.25) is 14.9 Å². The van der Waals surface area contributed by atoms with Crippen molar-refractivity contribution < 1.29 is 9.72 Å². The topological polar surface area (TPSA) is 84.3 Å². The molecular weight excluding hydrogens is 246 g/mol. The summed E-state index contributed by atoms with van der Waals surface area (Å²) in [4.78, 5) is 22.4. The molecule has 0 radical (unpaired) electrons. The summed E-state index contributed by atoms with van der Waals surface area (Å²) in [7, 11) is 0. The molecule has 1 saturated heterocycles. The maximum atomic E-state index is 11.8. The number of hydrogen-bond donors (Lipinski definition) is 2. The Kier molecular flexibility index (Phi) is 3.69. The van der Waals surface area contributed by atoms with Crippen LogP contribution in [0.3, 0.4) is 0 Å². The minimum absolute atomic E-state index is 0.00354. The third-order valence-corrected chi connectivity index (χ3v) is 3.41. The van der Waals surface area contributed by atoms with Gasteiger partial charge in [-0.2, -0.15) is 0 Å². The van der Waals surface area contributed by atoms with Gasteiger partial charge in [-0.1, -0.05) is 13.0 Å². The average molecular weight is 263 g/mol. The van der Waals surface area contributed by atoms with Gasteiger partial charge < -0.3 is 10.6 Å². The molecule has 0 unspecified atom stereocenters. The van der Waals surface area contributed by atoms with Crippen LogP contribution in [0.5, 0.6) is 0 Å². The van der Waals surface area contributed by atoms with Gasteiger partial charge >= 0.3 is 0 Å². The van der Waals surface area contributed by atoms with Crippen molar-refractivity contribution in [3.63, 3.8) is 0 Å². The number of nitro benzene ring substituents is 1. The van der Waals surface area contributed by atoms with Crippen molar-refractivity contribution in [3.8, 4) is 0 Å². The molecule has 0 bridgehead atoms.